The van der Waals surface area contributed by atoms with E-state index in [1.165, 1.54) is 5.57 Å². The second-order valence-corrected chi connectivity index (χ2v) is 2.20. The maximum Gasteiger partial charge on any atom is -0.00425 e. The molecule has 0 atom stereocenters. The standard InChI is InChI=1S/C9H17N/c1-3-9(4-2)7-5-6-8-10/h3,5,7H,4,6,8,10H2,1-2H3/b7-5-,9-3-. The predicted molar refractivity (Wildman–Crippen MR) is 46.9 cm³/mol. The highest BCUT2D eigenvalue weighted by Crippen LogP contribution is 2.01. The summed E-state index contributed by atoms with van der Waals surface area (Å²) >= 11 is 0. The Morgan fingerprint density at radius 1 is 1.50 bits per heavy atom. The van der Waals surface area contributed by atoms with Crippen LogP contribution >= 0.6 is 0 Å². The summed E-state index contributed by atoms with van der Waals surface area (Å²) in [6.45, 7) is 4.96. The second kappa shape index (κ2) is 6.56. The van der Waals surface area contributed by atoms with Crippen LogP contribution in [0, 0.1) is 0 Å². The van der Waals surface area contributed by atoms with Gasteiger partial charge in [0.05, 0.1) is 0 Å². The Labute approximate surface area is 63.6 Å². The molecule has 0 heterocycles. The molecule has 0 aliphatic rings. The molecule has 0 rings (SSSR count). The summed E-state index contributed by atoms with van der Waals surface area (Å²) in [7, 11) is 0. The lowest BCUT2D eigenvalue weighted by molar-refractivity contribution is 1.00. The van der Waals surface area contributed by atoms with Gasteiger partial charge in [0.25, 0.3) is 0 Å². The average molecular weight is 139 g/mol. The smallest absolute Gasteiger partial charge is 0.00425 e. The lowest BCUT2D eigenvalue weighted by atomic mass is 10.2. The maximum atomic E-state index is 5.33. The van der Waals surface area contributed by atoms with E-state index in [0.29, 0.717) is 0 Å². The summed E-state index contributed by atoms with van der Waals surface area (Å²) in [4.78, 5) is 0. The SMILES string of the molecule is C/C=C(\C=C/CCN)CC. The Morgan fingerprint density at radius 2 is 2.20 bits per heavy atom. The average Bonchev–Trinajstić information content (AvgIpc) is 1.99. The van der Waals surface area contributed by atoms with Crippen LogP contribution < -0.4 is 5.73 Å². The molecule has 0 fully saturated rings. The fraction of sp³-hybridized carbons (Fsp3) is 0.556. The first kappa shape index (κ1) is 9.44. The van der Waals surface area contributed by atoms with E-state index in [4.69, 9.17) is 5.73 Å². The number of nitrogens with two attached hydrogens (primary N) is 1. The van der Waals surface area contributed by atoms with Crippen molar-refractivity contribution in [2.75, 3.05) is 6.54 Å². The van der Waals surface area contributed by atoms with Crippen molar-refractivity contribution in [3.63, 3.8) is 0 Å². The third kappa shape index (κ3) is 4.33. The van der Waals surface area contributed by atoms with Crippen LogP contribution in [-0.2, 0) is 0 Å². The third-order valence-corrected chi connectivity index (χ3v) is 1.44. The van der Waals surface area contributed by atoms with Crippen molar-refractivity contribution >= 4 is 0 Å². The summed E-state index contributed by atoms with van der Waals surface area (Å²) in [6.07, 6.45) is 8.49. The van der Waals surface area contributed by atoms with Gasteiger partial charge in [-0.2, -0.15) is 0 Å². The van der Waals surface area contributed by atoms with Crippen LogP contribution in [0.3, 0.4) is 0 Å². The number of allylic oxidation sites excluding steroid dienone is 3. The van der Waals surface area contributed by atoms with Crippen LogP contribution in [0.4, 0.5) is 0 Å². The van der Waals surface area contributed by atoms with Crippen molar-refractivity contribution in [1.82, 2.24) is 0 Å². The van der Waals surface area contributed by atoms with Gasteiger partial charge in [-0.1, -0.05) is 30.7 Å². The molecule has 0 unspecified atom stereocenters. The quantitative estimate of drug-likeness (QED) is 0.594. The van der Waals surface area contributed by atoms with Crippen molar-refractivity contribution < 1.29 is 0 Å². The molecule has 1 nitrogen and oxygen atoms in total. The molecule has 10 heavy (non-hydrogen) atoms. The summed E-state index contributed by atoms with van der Waals surface area (Å²) in [6, 6.07) is 0. The first-order valence-corrected chi connectivity index (χ1v) is 3.87. The molecule has 0 aliphatic heterocycles. The van der Waals surface area contributed by atoms with Gasteiger partial charge in [0.2, 0.25) is 0 Å². The summed E-state index contributed by atoms with van der Waals surface area (Å²) in [5, 5.41) is 0. The van der Waals surface area contributed by atoms with Crippen LogP contribution in [0.1, 0.15) is 26.7 Å². The molecule has 0 spiro atoms. The molecular formula is C9H17N. The van der Waals surface area contributed by atoms with Crippen LogP contribution in [0.15, 0.2) is 23.8 Å². The van der Waals surface area contributed by atoms with E-state index >= 15 is 0 Å². The first-order chi connectivity index (χ1) is 4.85. The zero-order chi connectivity index (χ0) is 7.82. The topological polar surface area (TPSA) is 26.0 Å². The molecule has 0 amide bonds. The highest BCUT2D eigenvalue weighted by Gasteiger charge is 1.82. The van der Waals surface area contributed by atoms with Crippen LogP contribution in [0.25, 0.3) is 0 Å². The molecule has 58 valence electrons. The van der Waals surface area contributed by atoms with E-state index in [0.717, 1.165) is 19.4 Å². The van der Waals surface area contributed by atoms with Crippen molar-refractivity contribution in [2.45, 2.75) is 26.7 Å². The van der Waals surface area contributed by atoms with Crippen LogP contribution in [0.2, 0.25) is 0 Å². The lowest BCUT2D eigenvalue weighted by Crippen LogP contribution is -1.95. The van der Waals surface area contributed by atoms with E-state index in [2.05, 4.69) is 32.1 Å². The van der Waals surface area contributed by atoms with Gasteiger partial charge in [0.15, 0.2) is 0 Å². The molecule has 0 aliphatic carbocycles. The van der Waals surface area contributed by atoms with Crippen molar-refractivity contribution in [1.29, 1.82) is 0 Å². The van der Waals surface area contributed by atoms with E-state index in [9.17, 15) is 0 Å². The fourth-order valence-corrected chi connectivity index (χ4v) is 0.749. The minimum Gasteiger partial charge on any atom is -0.330 e. The number of rotatable bonds is 4. The monoisotopic (exact) mass is 139 g/mol. The maximum absolute atomic E-state index is 5.33. The number of hydrogen-bond acceptors (Lipinski definition) is 1. The van der Waals surface area contributed by atoms with Crippen LogP contribution in [0.5, 0.6) is 0 Å². The Hall–Kier alpha value is -0.560. The predicted octanol–water partition coefficient (Wildman–Crippen LogP) is 2.25. The van der Waals surface area contributed by atoms with Crippen molar-refractivity contribution in [3.8, 4) is 0 Å². The zero-order valence-electron chi connectivity index (χ0n) is 6.93. The molecule has 0 bridgehead atoms. The van der Waals surface area contributed by atoms with Crippen molar-refractivity contribution in [2.24, 2.45) is 5.73 Å². The molecule has 0 aromatic carbocycles. The highest BCUT2D eigenvalue weighted by molar-refractivity contribution is 5.16. The molecule has 0 radical (unpaired) electrons. The molecule has 0 saturated heterocycles. The van der Waals surface area contributed by atoms with Gasteiger partial charge in [0.1, 0.15) is 0 Å². The summed E-state index contributed by atoms with van der Waals surface area (Å²) in [5.74, 6) is 0. The molecule has 0 aromatic rings. The van der Waals surface area contributed by atoms with Gasteiger partial charge in [-0.05, 0) is 26.3 Å². The minimum atomic E-state index is 0.747. The Morgan fingerprint density at radius 3 is 2.60 bits per heavy atom. The molecule has 2 N–H and O–H groups in total. The normalized spacial score (nSPS) is 12.9. The van der Waals surface area contributed by atoms with E-state index in [1.54, 1.807) is 0 Å². The summed E-state index contributed by atoms with van der Waals surface area (Å²) < 4.78 is 0. The molecule has 1 heteroatoms. The Bertz CT molecular complexity index is 123. The van der Waals surface area contributed by atoms with Gasteiger partial charge >= 0.3 is 0 Å². The van der Waals surface area contributed by atoms with Crippen molar-refractivity contribution in [3.05, 3.63) is 23.8 Å². The Kier molecular flexibility index (Phi) is 6.19. The first-order valence-electron chi connectivity index (χ1n) is 3.87. The van der Waals surface area contributed by atoms with Gasteiger partial charge < -0.3 is 5.73 Å². The molecule has 0 aromatic heterocycles. The van der Waals surface area contributed by atoms with E-state index < -0.39 is 0 Å². The third-order valence-electron chi connectivity index (χ3n) is 1.44. The van der Waals surface area contributed by atoms with Crippen LogP contribution in [-0.4, -0.2) is 6.54 Å². The second-order valence-electron chi connectivity index (χ2n) is 2.20. The summed E-state index contributed by atoms with van der Waals surface area (Å²) in [5.41, 5.74) is 6.71. The van der Waals surface area contributed by atoms with Gasteiger partial charge in [-0.15, -0.1) is 0 Å². The zero-order valence-corrected chi connectivity index (χ0v) is 6.93. The van der Waals surface area contributed by atoms with Gasteiger partial charge in [-0.25, -0.2) is 0 Å². The lowest BCUT2D eigenvalue weighted by Gasteiger charge is -1.92. The van der Waals surface area contributed by atoms with E-state index in [-0.39, 0.29) is 0 Å². The molecule has 0 saturated carbocycles. The van der Waals surface area contributed by atoms with Gasteiger partial charge in [0, 0.05) is 0 Å². The fourth-order valence-electron chi connectivity index (χ4n) is 0.749. The highest BCUT2D eigenvalue weighted by atomic mass is 14.5. The largest absolute Gasteiger partial charge is 0.330 e. The molecular weight excluding hydrogens is 122 g/mol. The van der Waals surface area contributed by atoms with Gasteiger partial charge in [-0.3, -0.25) is 0 Å². The number of hydrogen-bond donors (Lipinski definition) is 1. The van der Waals surface area contributed by atoms with E-state index in [1.807, 2.05) is 0 Å². The minimum absolute atomic E-state index is 0.747. The Balaban J connectivity index is 3.63.